The van der Waals surface area contributed by atoms with Crippen LogP contribution in [0.5, 0.6) is 5.75 Å². The lowest BCUT2D eigenvalue weighted by Crippen LogP contribution is -2.48. The molecule has 1 rings (SSSR count). The Bertz CT molecular complexity index is 487. The van der Waals surface area contributed by atoms with E-state index < -0.39 is 18.0 Å². The first-order valence-electron chi connectivity index (χ1n) is 6.58. The third-order valence-corrected chi connectivity index (χ3v) is 2.99. The standard InChI is InChI=1S/C14H21N3O4/c1-9(2)12(13(18)19)16-14(20)17(3)8-10-5-6-11(21-4)7-15-10/h5-7,9,12H,8H2,1-4H3,(H,16,20)(H,18,19)/t12-/m0/s1. The predicted molar refractivity (Wildman–Crippen MR) is 77.0 cm³/mol. The van der Waals surface area contributed by atoms with Crippen molar-refractivity contribution in [1.82, 2.24) is 15.2 Å². The van der Waals surface area contributed by atoms with Crippen LogP contribution in [0.25, 0.3) is 0 Å². The number of carbonyl (C=O) groups excluding carboxylic acids is 1. The summed E-state index contributed by atoms with van der Waals surface area (Å²) in [5, 5.41) is 11.6. The molecule has 0 saturated heterocycles. The molecule has 1 heterocycles. The predicted octanol–water partition coefficient (Wildman–Crippen LogP) is 1.34. The lowest BCUT2D eigenvalue weighted by atomic mass is 10.1. The van der Waals surface area contributed by atoms with Gasteiger partial charge in [-0.05, 0) is 18.1 Å². The number of aromatic nitrogens is 1. The second-order valence-corrected chi connectivity index (χ2v) is 5.05. The van der Waals surface area contributed by atoms with Crippen molar-refractivity contribution in [2.24, 2.45) is 5.92 Å². The van der Waals surface area contributed by atoms with Crippen molar-refractivity contribution >= 4 is 12.0 Å². The number of hydrogen-bond acceptors (Lipinski definition) is 4. The molecule has 0 bridgehead atoms. The SMILES string of the molecule is COc1ccc(CN(C)C(=O)N[C@H](C(=O)O)C(C)C)nc1. The second kappa shape index (κ2) is 7.47. The molecule has 116 valence electrons. The van der Waals surface area contributed by atoms with Crippen LogP contribution in [0.3, 0.4) is 0 Å². The molecule has 7 nitrogen and oxygen atoms in total. The molecule has 0 fully saturated rings. The van der Waals surface area contributed by atoms with E-state index in [2.05, 4.69) is 10.3 Å². The smallest absolute Gasteiger partial charge is 0.326 e. The maximum absolute atomic E-state index is 12.0. The van der Waals surface area contributed by atoms with Gasteiger partial charge in [-0.15, -0.1) is 0 Å². The van der Waals surface area contributed by atoms with Crippen LogP contribution in [0.15, 0.2) is 18.3 Å². The van der Waals surface area contributed by atoms with E-state index in [9.17, 15) is 9.59 Å². The number of ether oxygens (including phenoxy) is 1. The van der Waals surface area contributed by atoms with Gasteiger partial charge in [-0.2, -0.15) is 0 Å². The quantitative estimate of drug-likeness (QED) is 0.826. The number of pyridine rings is 1. The van der Waals surface area contributed by atoms with Crippen LogP contribution in [-0.2, 0) is 11.3 Å². The summed E-state index contributed by atoms with van der Waals surface area (Å²) in [7, 11) is 3.13. The number of urea groups is 1. The highest BCUT2D eigenvalue weighted by molar-refractivity contribution is 5.82. The van der Waals surface area contributed by atoms with E-state index in [1.54, 1.807) is 46.3 Å². The van der Waals surface area contributed by atoms with Gasteiger partial charge in [0, 0.05) is 7.05 Å². The lowest BCUT2D eigenvalue weighted by Gasteiger charge is -2.23. The summed E-state index contributed by atoms with van der Waals surface area (Å²) in [6, 6.07) is 2.14. The van der Waals surface area contributed by atoms with Gasteiger partial charge in [-0.25, -0.2) is 9.59 Å². The molecule has 0 aliphatic heterocycles. The molecule has 0 radical (unpaired) electrons. The highest BCUT2D eigenvalue weighted by Crippen LogP contribution is 2.09. The molecule has 1 atom stereocenters. The molecule has 0 unspecified atom stereocenters. The molecule has 0 aromatic carbocycles. The van der Waals surface area contributed by atoms with E-state index in [1.165, 1.54) is 4.90 Å². The van der Waals surface area contributed by atoms with Gasteiger partial charge in [0.2, 0.25) is 0 Å². The summed E-state index contributed by atoms with van der Waals surface area (Å²) >= 11 is 0. The Morgan fingerprint density at radius 3 is 2.52 bits per heavy atom. The Kier molecular flexibility index (Phi) is 5.95. The molecule has 0 spiro atoms. The molecule has 1 aromatic heterocycles. The fourth-order valence-corrected chi connectivity index (χ4v) is 1.70. The Balaban J connectivity index is 2.63. The monoisotopic (exact) mass is 295 g/mol. The largest absolute Gasteiger partial charge is 0.495 e. The number of rotatable bonds is 6. The zero-order valence-electron chi connectivity index (χ0n) is 12.7. The maximum atomic E-state index is 12.0. The third kappa shape index (κ3) is 4.94. The summed E-state index contributed by atoms with van der Waals surface area (Å²) in [5.41, 5.74) is 0.685. The molecule has 7 heteroatoms. The van der Waals surface area contributed by atoms with Crippen LogP contribution < -0.4 is 10.1 Å². The number of amides is 2. The Morgan fingerprint density at radius 1 is 1.43 bits per heavy atom. The van der Waals surface area contributed by atoms with Crippen molar-refractivity contribution in [1.29, 1.82) is 0 Å². The summed E-state index contributed by atoms with van der Waals surface area (Å²) in [6.45, 7) is 3.76. The highest BCUT2D eigenvalue weighted by Gasteiger charge is 2.24. The molecule has 0 aliphatic rings. The fourth-order valence-electron chi connectivity index (χ4n) is 1.70. The van der Waals surface area contributed by atoms with Gasteiger partial charge < -0.3 is 20.1 Å². The molecule has 2 N–H and O–H groups in total. The van der Waals surface area contributed by atoms with E-state index in [4.69, 9.17) is 9.84 Å². The van der Waals surface area contributed by atoms with Crippen molar-refractivity contribution < 1.29 is 19.4 Å². The molecular formula is C14H21N3O4. The first kappa shape index (κ1) is 16.7. The minimum Gasteiger partial charge on any atom is -0.495 e. The van der Waals surface area contributed by atoms with Crippen LogP contribution in [0.2, 0.25) is 0 Å². The van der Waals surface area contributed by atoms with Crippen molar-refractivity contribution in [2.45, 2.75) is 26.4 Å². The molecule has 0 saturated carbocycles. The van der Waals surface area contributed by atoms with Gasteiger partial charge in [-0.1, -0.05) is 13.8 Å². The summed E-state index contributed by atoms with van der Waals surface area (Å²) in [4.78, 5) is 28.6. The van der Waals surface area contributed by atoms with E-state index in [-0.39, 0.29) is 12.5 Å². The Morgan fingerprint density at radius 2 is 2.10 bits per heavy atom. The van der Waals surface area contributed by atoms with Crippen molar-refractivity contribution in [3.05, 3.63) is 24.0 Å². The van der Waals surface area contributed by atoms with Crippen molar-refractivity contribution in [2.75, 3.05) is 14.2 Å². The van der Waals surface area contributed by atoms with E-state index in [0.717, 1.165) is 0 Å². The number of carboxylic acids is 1. The second-order valence-electron chi connectivity index (χ2n) is 5.05. The normalized spacial score (nSPS) is 11.9. The van der Waals surface area contributed by atoms with E-state index in [0.29, 0.717) is 11.4 Å². The number of hydrogen-bond donors (Lipinski definition) is 2. The van der Waals surface area contributed by atoms with Crippen LogP contribution in [0.4, 0.5) is 4.79 Å². The summed E-state index contributed by atoms with van der Waals surface area (Å²) < 4.78 is 5.01. The minimum atomic E-state index is -1.05. The first-order valence-corrected chi connectivity index (χ1v) is 6.58. The van der Waals surface area contributed by atoms with Crippen LogP contribution in [0.1, 0.15) is 19.5 Å². The van der Waals surface area contributed by atoms with Crippen LogP contribution in [0, 0.1) is 5.92 Å². The lowest BCUT2D eigenvalue weighted by molar-refractivity contribution is -0.140. The number of carboxylic acid groups (broad SMARTS) is 1. The molecule has 21 heavy (non-hydrogen) atoms. The number of aliphatic carboxylic acids is 1. The first-order chi connectivity index (χ1) is 9.85. The fraction of sp³-hybridized carbons (Fsp3) is 0.500. The molecule has 1 aromatic rings. The Labute approximate surface area is 123 Å². The van der Waals surface area contributed by atoms with Gasteiger partial charge in [0.25, 0.3) is 0 Å². The van der Waals surface area contributed by atoms with E-state index >= 15 is 0 Å². The van der Waals surface area contributed by atoms with Crippen LogP contribution >= 0.6 is 0 Å². The zero-order chi connectivity index (χ0) is 16.0. The topological polar surface area (TPSA) is 91.8 Å². The van der Waals surface area contributed by atoms with Gasteiger partial charge in [-0.3, -0.25) is 4.98 Å². The van der Waals surface area contributed by atoms with Crippen molar-refractivity contribution in [3.63, 3.8) is 0 Å². The highest BCUT2D eigenvalue weighted by atomic mass is 16.5. The third-order valence-electron chi connectivity index (χ3n) is 2.99. The summed E-state index contributed by atoms with van der Waals surface area (Å²) in [6.07, 6.45) is 1.56. The van der Waals surface area contributed by atoms with Gasteiger partial charge in [0.05, 0.1) is 25.5 Å². The van der Waals surface area contributed by atoms with Gasteiger partial charge >= 0.3 is 12.0 Å². The van der Waals surface area contributed by atoms with E-state index in [1.807, 2.05) is 0 Å². The number of methoxy groups -OCH3 is 1. The maximum Gasteiger partial charge on any atom is 0.326 e. The number of nitrogens with zero attached hydrogens (tertiary/aromatic N) is 2. The van der Waals surface area contributed by atoms with Gasteiger partial charge in [0.1, 0.15) is 11.8 Å². The minimum absolute atomic E-state index is 0.195. The Hall–Kier alpha value is -2.31. The molecule has 0 aliphatic carbocycles. The summed E-state index contributed by atoms with van der Waals surface area (Å²) in [5.74, 6) is -0.607. The number of nitrogens with one attached hydrogen (secondary N) is 1. The molecule has 2 amide bonds. The van der Waals surface area contributed by atoms with Gasteiger partial charge in [0.15, 0.2) is 0 Å². The average molecular weight is 295 g/mol. The van der Waals surface area contributed by atoms with Crippen LogP contribution in [-0.4, -0.2) is 47.2 Å². The number of carbonyl (C=O) groups is 2. The average Bonchev–Trinajstić information content (AvgIpc) is 2.44. The molecular weight excluding hydrogens is 274 g/mol. The van der Waals surface area contributed by atoms with Crippen molar-refractivity contribution in [3.8, 4) is 5.75 Å². The zero-order valence-corrected chi connectivity index (χ0v) is 12.7.